The van der Waals surface area contributed by atoms with E-state index in [0.717, 1.165) is 68.0 Å². The number of hydrogen-bond acceptors (Lipinski definition) is 6. The van der Waals surface area contributed by atoms with Gasteiger partial charge < -0.3 is 20.4 Å². The second kappa shape index (κ2) is 10.1. The molecule has 8 nitrogen and oxygen atoms in total. The first kappa shape index (κ1) is 24.4. The number of likely N-dealkylation sites (tertiary alicyclic amines) is 1. The van der Waals surface area contributed by atoms with Gasteiger partial charge in [-0.15, -0.1) is 0 Å². The van der Waals surface area contributed by atoms with E-state index in [4.69, 9.17) is 10.7 Å². The van der Waals surface area contributed by atoms with Gasteiger partial charge in [0, 0.05) is 74.9 Å². The second-order valence-corrected chi connectivity index (χ2v) is 11.4. The molecule has 5 heterocycles. The van der Waals surface area contributed by atoms with Crippen LogP contribution in [0.5, 0.6) is 0 Å². The molecule has 37 heavy (non-hydrogen) atoms. The molecule has 6 rings (SSSR count). The summed E-state index contributed by atoms with van der Waals surface area (Å²) in [5.41, 5.74) is 11.5. The first-order valence-corrected chi connectivity index (χ1v) is 13.9. The number of rotatable bonds is 5. The van der Waals surface area contributed by atoms with Gasteiger partial charge in [0.05, 0.1) is 16.9 Å². The van der Waals surface area contributed by atoms with E-state index in [1.807, 2.05) is 15.6 Å². The lowest BCUT2D eigenvalue weighted by Crippen LogP contribution is -2.53. The van der Waals surface area contributed by atoms with Crippen LogP contribution in [0.15, 0.2) is 42.9 Å². The van der Waals surface area contributed by atoms with Crippen molar-refractivity contribution in [3.63, 3.8) is 0 Å². The van der Waals surface area contributed by atoms with E-state index in [1.54, 1.807) is 0 Å². The van der Waals surface area contributed by atoms with Crippen LogP contribution in [0.3, 0.4) is 0 Å². The van der Waals surface area contributed by atoms with Crippen molar-refractivity contribution >= 4 is 17.1 Å². The highest BCUT2D eigenvalue weighted by Crippen LogP contribution is 2.32. The van der Waals surface area contributed by atoms with Crippen molar-refractivity contribution in [2.24, 2.45) is 11.7 Å². The van der Waals surface area contributed by atoms with Gasteiger partial charge in [0.2, 0.25) is 5.91 Å². The van der Waals surface area contributed by atoms with Crippen LogP contribution in [0.4, 0.5) is 5.69 Å². The maximum absolute atomic E-state index is 12.7. The third kappa shape index (κ3) is 4.84. The summed E-state index contributed by atoms with van der Waals surface area (Å²) in [6.07, 6.45) is 10.2. The highest BCUT2D eigenvalue weighted by Gasteiger charge is 2.36. The van der Waals surface area contributed by atoms with E-state index in [2.05, 4.69) is 65.4 Å². The smallest absolute Gasteiger partial charge is 0.225 e. The van der Waals surface area contributed by atoms with Gasteiger partial charge in [-0.25, -0.2) is 4.52 Å². The molecule has 0 bridgehead atoms. The molecule has 1 amide bonds. The number of carbonyl (C=O) groups is 1. The topological polar surface area (TPSA) is 83.0 Å². The molecule has 196 valence electrons. The van der Waals surface area contributed by atoms with Crippen LogP contribution < -0.4 is 10.6 Å². The van der Waals surface area contributed by atoms with Crippen LogP contribution in [0.1, 0.15) is 51.0 Å². The predicted molar refractivity (Wildman–Crippen MR) is 147 cm³/mol. The van der Waals surface area contributed by atoms with Crippen LogP contribution in [0.2, 0.25) is 0 Å². The zero-order valence-electron chi connectivity index (χ0n) is 22.1. The Bertz CT molecular complexity index is 1240. The highest BCUT2D eigenvalue weighted by molar-refractivity contribution is 5.81. The number of piperidine rings is 1. The van der Waals surface area contributed by atoms with Gasteiger partial charge in [0.1, 0.15) is 0 Å². The molecule has 1 saturated carbocycles. The first-order valence-electron chi connectivity index (χ1n) is 13.9. The Labute approximate surface area is 219 Å². The monoisotopic (exact) mass is 501 g/mol. The van der Waals surface area contributed by atoms with Crippen molar-refractivity contribution in [2.45, 2.75) is 57.5 Å². The first-order chi connectivity index (χ1) is 18.0. The van der Waals surface area contributed by atoms with E-state index in [1.165, 1.54) is 24.9 Å². The summed E-state index contributed by atoms with van der Waals surface area (Å²) in [4.78, 5) is 24.6. The van der Waals surface area contributed by atoms with Crippen molar-refractivity contribution < 1.29 is 4.79 Å². The zero-order valence-corrected chi connectivity index (χ0v) is 22.1. The number of piperazine rings is 1. The number of pyridine rings is 1. The molecular formula is C29H39N7O. The number of nitrogens with two attached hydrogens (primary N) is 1. The van der Waals surface area contributed by atoms with Crippen molar-refractivity contribution in [2.75, 3.05) is 44.2 Å². The minimum Gasteiger partial charge on any atom is -0.366 e. The van der Waals surface area contributed by atoms with E-state index in [9.17, 15) is 4.79 Å². The molecule has 3 fully saturated rings. The highest BCUT2D eigenvalue weighted by atomic mass is 16.2. The standard InChI is InChI=1S/C29H39N7O/c1-20(2)35-9-3-4-22(18-35)21-5-6-26(31-17-21)24-16-28-27(7-8-32-36(28)19-24)33-10-12-34(13-11-33)29(37)23-14-25(30)15-23/h5-8,16-17,19-20,22-23,25H,3-4,9-15,18,30H2,1-2H3/t22-,23?,25?/m1/s1. The summed E-state index contributed by atoms with van der Waals surface area (Å²) in [5, 5.41) is 4.57. The Kier molecular flexibility index (Phi) is 6.63. The van der Waals surface area contributed by atoms with E-state index in [0.29, 0.717) is 12.0 Å². The van der Waals surface area contributed by atoms with Crippen molar-refractivity contribution in [1.82, 2.24) is 24.4 Å². The van der Waals surface area contributed by atoms with Crippen molar-refractivity contribution in [1.29, 1.82) is 0 Å². The maximum atomic E-state index is 12.7. The summed E-state index contributed by atoms with van der Waals surface area (Å²) in [6.45, 7) is 10.1. The summed E-state index contributed by atoms with van der Waals surface area (Å²) in [5.74, 6) is 0.977. The molecule has 0 radical (unpaired) electrons. The van der Waals surface area contributed by atoms with Crippen molar-refractivity contribution in [3.8, 4) is 11.3 Å². The van der Waals surface area contributed by atoms with E-state index < -0.39 is 0 Å². The molecule has 2 aliphatic heterocycles. The number of hydrogen-bond donors (Lipinski definition) is 1. The molecular weight excluding hydrogens is 462 g/mol. The summed E-state index contributed by atoms with van der Waals surface area (Å²) in [6, 6.07) is 9.50. The Morgan fingerprint density at radius 2 is 1.89 bits per heavy atom. The lowest BCUT2D eigenvalue weighted by molar-refractivity contribution is -0.139. The van der Waals surface area contributed by atoms with E-state index >= 15 is 0 Å². The maximum Gasteiger partial charge on any atom is 0.225 e. The van der Waals surface area contributed by atoms with E-state index in [-0.39, 0.29) is 17.9 Å². The molecule has 8 heteroatoms. The number of carbonyl (C=O) groups excluding carboxylic acids is 1. The summed E-state index contributed by atoms with van der Waals surface area (Å²) < 4.78 is 1.95. The number of nitrogens with zero attached hydrogens (tertiary/aromatic N) is 6. The quantitative estimate of drug-likeness (QED) is 0.577. The van der Waals surface area contributed by atoms with Gasteiger partial charge in [-0.1, -0.05) is 6.07 Å². The number of anilines is 1. The SMILES string of the molecule is CC(C)N1CCC[C@@H](c2ccc(-c3cc4c(N5CCN(C(=O)C6CC(N)C6)CC5)ccnn4c3)nc2)C1. The molecule has 3 aliphatic rings. The van der Waals surface area contributed by atoms with Gasteiger partial charge >= 0.3 is 0 Å². The molecule has 2 saturated heterocycles. The largest absolute Gasteiger partial charge is 0.366 e. The van der Waals surface area contributed by atoms with Crippen LogP contribution in [0.25, 0.3) is 16.8 Å². The van der Waals surface area contributed by atoms with Crippen LogP contribution in [0, 0.1) is 5.92 Å². The Hall–Kier alpha value is -2.97. The predicted octanol–water partition coefficient (Wildman–Crippen LogP) is 3.37. The fraction of sp³-hybridized carbons (Fsp3) is 0.552. The number of fused-ring (bicyclic) bond motifs is 1. The lowest BCUT2D eigenvalue weighted by atomic mass is 9.80. The lowest BCUT2D eigenvalue weighted by Gasteiger charge is -2.40. The molecule has 0 aromatic carbocycles. The van der Waals surface area contributed by atoms with Crippen LogP contribution in [-0.2, 0) is 4.79 Å². The summed E-state index contributed by atoms with van der Waals surface area (Å²) >= 11 is 0. The third-order valence-electron chi connectivity index (χ3n) is 8.68. The molecule has 1 atom stereocenters. The van der Waals surface area contributed by atoms with Gasteiger partial charge in [-0.2, -0.15) is 5.10 Å². The number of amides is 1. The number of aromatic nitrogens is 3. The molecule has 3 aromatic heterocycles. The molecule has 2 N–H and O–H groups in total. The van der Waals surface area contributed by atoms with Crippen LogP contribution >= 0.6 is 0 Å². The fourth-order valence-corrected chi connectivity index (χ4v) is 6.26. The minimum atomic E-state index is 0.133. The average molecular weight is 502 g/mol. The third-order valence-corrected chi connectivity index (χ3v) is 8.68. The second-order valence-electron chi connectivity index (χ2n) is 11.4. The molecule has 3 aromatic rings. The van der Waals surface area contributed by atoms with Gasteiger partial charge in [-0.3, -0.25) is 9.78 Å². The van der Waals surface area contributed by atoms with Gasteiger partial charge in [-0.05, 0) is 75.8 Å². The van der Waals surface area contributed by atoms with Crippen LogP contribution in [-0.4, -0.2) is 81.7 Å². The van der Waals surface area contributed by atoms with Crippen molar-refractivity contribution in [3.05, 3.63) is 48.4 Å². The average Bonchev–Trinajstić information content (AvgIpc) is 3.36. The van der Waals surface area contributed by atoms with Gasteiger partial charge in [0.25, 0.3) is 0 Å². The zero-order chi connectivity index (χ0) is 25.5. The Balaban J connectivity index is 1.15. The Morgan fingerprint density at radius 3 is 2.59 bits per heavy atom. The minimum absolute atomic E-state index is 0.133. The molecule has 0 unspecified atom stereocenters. The molecule has 0 spiro atoms. The fourth-order valence-electron chi connectivity index (χ4n) is 6.26. The molecule has 1 aliphatic carbocycles. The Morgan fingerprint density at radius 1 is 1.08 bits per heavy atom. The van der Waals surface area contributed by atoms with Gasteiger partial charge in [0.15, 0.2) is 0 Å². The normalized spacial score (nSPS) is 25.0. The summed E-state index contributed by atoms with van der Waals surface area (Å²) in [7, 11) is 0.